The fourth-order valence-corrected chi connectivity index (χ4v) is 3.32. The standard InChI is InChI=1S/C11H23NS/c1-9(2)7-11(12)8-10-3-5-13-6-4-10/h9-11H,3-8,12H2,1-2H3. The normalized spacial score (nSPS) is 22.2. The molecule has 1 aliphatic heterocycles. The van der Waals surface area contributed by atoms with Crippen LogP contribution < -0.4 is 5.73 Å². The molecule has 0 bridgehead atoms. The second kappa shape index (κ2) is 5.92. The number of thioether (sulfide) groups is 1. The van der Waals surface area contributed by atoms with Crippen LogP contribution in [-0.2, 0) is 0 Å². The van der Waals surface area contributed by atoms with Crippen molar-refractivity contribution in [3.63, 3.8) is 0 Å². The lowest BCUT2D eigenvalue weighted by Crippen LogP contribution is -2.26. The van der Waals surface area contributed by atoms with Crippen LogP contribution in [0.4, 0.5) is 0 Å². The first-order valence-electron chi connectivity index (χ1n) is 5.51. The van der Waals surface area contributed by atoms with Gasteiger partial charge in [0.2, 0.25) is 0 Å². The predicted molar refractivity (Wildman–Crippen MR) is 62.1 cm³/mol. The molecule has 0 amide bonds. The van der Waals surface area contributed by atoms with E-state index in [1.165, 1.54) is 37.2 Å². The fourth-order valence-electron chi connectivity index (χ4n) is 2.11. The monoisotopic (exact) mass is 201 g/mol. The van der Waals surface area contributed by atoms with Crippen LogP contribution in [0.2, 0.25) is 0 Å². The van der Waals surface area contributed by atoms with Gasteiger partial charge in [0.05, 0.1) is 0 Å². The van der Waals surface area contributed by atoms with E-state index in [4.69, 9.17) is 5.73 Å². The fraction of sp³-hybridized carbons (Fsp3) is 1.00. The Morgan fingerprint density at radius 1 is 1.31 bits per heavy atom. The maximum Gasteiger partial charge on any atom is 0.00439 e. The molecule has 0 saturated carbocycles. The lowest BCUT2D eigenvalue weighted by Gasteiger charge is -2.25. The van der Waals surface area contributed by atoms with Gasteiger partial charge in [0.25, 0.3) is 0 Å². The Bertz CT molecular complexity index is 130. The molecule has 78 valence electrons. The van der Waals surface area contributed by atoms with Crippen molar-refractivity contribution in [2.24, 2.45) is 17.6 Å². The van der Waals surface area contributed by atoms with Gasteiger partial charge >= 0.3 is 0 Å². The van der Waals surface area contributed by atoms with Gasteiger partial charge in [-0.1, -0.05) is 13.8 Å². The summed E-state index contributed by atoms with van der Waals surface area (Å²) in [6, 6.07) is 0.452. The highest BCUT2D eigenvalue weighted by molar-refractivity contribution is 7.99. The first-order chi connectivity index (χ1) is 6.18. The molecule has 1 aliphatic rings. The molecule has 1 fully saturated rings. The average Bonchev–Trinajstić information content (AvgIpc) is 2.04. The van der Waals surface area contributed by atoms with Gasteiger partial charge < -0.3 is 5.73 Å². The molecule has 1 unspecified atom stereocenters. The molecule has 0 radical (unpaired) electrons. The van der Waals surface area contributed by atoms with Gasteiger partial charge in [0.15, 0.2) is 0 Å². The van der Waals surface area contributed by atoms with E-state index in [0.29, 0.717) is 6.04 Å². The maximum atomic E-state index is 6.10. The Labute approximate surface area is 86.8 Å². The van der Waals surface area contributed by atoms with E-state index < -0.39 is 0 Å². The summed E-state index contributed by atoms with van der Waals surface area (Å²) >= 11 is 2.10. The van der Waals surface area contributed by atoms with Crippen molar-refractivity contribution in [1.82, 2.24) is 0 Å². The zero-order chi connectivity index (χ0) is 9.68. The molecule has 0 aromatic rings. The smallest absolute Gasteiger partial charge is 0.00439 e. The topological polar surface area (TPSA) is 26.0 Å². The number of hydrogen-bond donors (Lipinski definition) is 1. The lowest BCUT2D eigenvalue weighted by atomic mass is 9.91. The second-order valence-corrected chi connectivity index (χ2v) is 5.91. The van der Waals surface area contributed by atoms with E-state index >= 15 is 0 Å². The highest BCUT2D eigenvalue weighted by atomic mass is 32.2. The summed E-state index contributed by atoms with van der Waals surface area (Å²) in [6.45, 7) is 4.52. The van der Waals surface area contributed by atoms with E-state index in [9.17, 15) is 0 Å². The first-order valence-corrected chi connectivity index (χ1v) is 6.67. The van der Waals surface area contributed by atoms with Crippen molar-refractivity contribution in [2.45, 2.75) is 45.6 Å². The molecule has 1 saturated heterocycles. The Kier molecular flexibility index (Phi) is 5.18. The highest BCUT2D eigenvalue weighted by Gasteiger charge is 2.17. The van der Waals surface area contributed by atoms with Crippen LogP contribution in [-0.4, -0.2) is 17.5 Å². The third-order valence-electron chi connectivity index (χ3n) is 2.75. The van der Waals surface area contributed by atoms with E-state index in [0.717, 1.165) is 11.8 Å². The molecule has 0 aliphatic carbocycles. The summed E-state index contributed by atoms with van der Waals surface area (Å²) in [5.74, 6) is 4.40. The first kappa shape index (κ1) is 11.4. The van der Waals surface area contributed by atoms with E-state index in [2.05, 4.69) is 25.6 Å². The van der Waals surface area contributed by atoms with E-state index in [-0.39, 0.29) is 0 Å². The molecule has 1 nitrogen and oxygen atoms in total. The van der Waals surface area contributed by atoms with Crippen LogP contribution in [0.1, 0.15) is 39.5 Å². The van der Waals surface area contributed by atoms with Gasteiger partial charge in [-0.3, -0.25) is 0 Å². The summed E-state index contributed by atoms with van der Waals surface area (Å²) < 4.78 is 0. The molecule has 1 rings (SSSR count). The Morgan fingerprint density at radius 2 is 1.92 bits per heavy atom. The van der Waals surface area contributed by atoms with Gasteiger partial charge in [-0.05, 0) is 49.0 Å². The molecule has 0 aromatic heterocycles. The molecule has 0 aromatic carbocycles. The largest absolute Gasteiger partial charge is 0.328 e. The van der Waals surface area contributed by atoms with Crippen molar-refractivity contribution >= 4 is 11.8 Å². The van der Waals surface area contributed by atoms with Crippen molar-refractivity contribution in [3.8, 4) is 0 Å². The lowest BCUT2D eigenvalue weighted by molar-refractivity contribution is 0.370. The van der Waals surface area contributed by atoms with Crippen LogP contribution in [0.3, 0.4) is 0 Å². The van der Waals surface area contributed by atoms with Gasteiger partial charge in [0, 0.05) is 6.04 Å². The van der Waals surface area contributed by atoms with Gasteiger partial charge in [-0.2, -0.15) is 11.8 Å². The zero-order valence-electron chi connectivity index (χ0n) is 8.96. The van der Waals surface area contributed by atoms with Crippen LogP contribution in [0.25, 0.3) is 0 Å². The summed E-state index contributed by atoms with van der Waals surface area (Å²) in [5.41, 5.74) is 6.10. The third kappa shape index (κ3) is 4.92. The summed E-state index contributed by atoms with van der Waals surface area (Å²) in [6.07, 6.45) is 5.26. The molecular formula is C11H23NS. The van der Waals surface area contributed by atoms with Gasteiger partial charge in [0.1, 0.15) is 0 Å². The molecule has 1 atom stereocenters. The molecule has 2 N–H and O–H groups in total. The minimum atomic E-state index is 0.452. The van der Waals surface area contributed by atoms with Crippen LogP contribution >= 0.6 is 11.8 Å². The molecule has 2 heteroatoms. The number of rotatable bonds is 4. The Balaban J connectivity index is 2.14. The SMILES string of the molecule is CC(C)CC(N)CC1CCSCC1. The van der Waals surface area contributed by atoms with Crippen LogP contribution in [0, 0.1) is 11.8 Å². The minimum absolute atomic E-state index is 0.452. The van der Waals surface area contributed by atoms with Crippen LogP contribution in [0.15, 0.2) is 0 Å². The van der Waals surface area contributed by atoms with Crippen molar-refractivity contribution < 1.29 is 0 Å². The molecule has 13 heavy (non-hydrogen) atoms. The van der Waals surface area contributed by atoms with E-state index in [1.807, 2.05) is 0 Å². The van der Waals surface area contributed by atoms with Crippen LogP contribution in [0.5, 0.6) is 0 Å². The zero-order valence-corrected chi connectivity index (χ0v) is 9.78. The second-order valence-electron chi connectivity index (χ2n) is 4.68. The molecular weight excluding hydrogens is 178 g/mol. The molecule has 0 spiro atoms. The van der Waals surface area contributed by atoms with E-state index in [1.54, 1.807) is 0 Å². The minimum Gasteiger partial charge on any atom is -0.328 e. The summed E-state index contributed by atoms with van der Waals surface area (Å²) in [4.78, 5) is 0. The summed E-state index contributed by atoms with van der Waals surface area (Å²) in [5, 5.41) is 0. The van der Waals surface area contributed by atoms with Gasteiger partial charge in [-0.25, -0.2) is 0 Å². The Morgan fingerprint density at radius 3 is 2.46 bits per heavy atom. The van der Waals surface area contributed by atoms with Crippen molar-refractivity contribution in [2.75, 3.05) is 11.5 Å². The quantitative estimate of drug-likeness (QED) is 0.757. The van der Waals surface area contributed by atoms with Crippen molar-refractivity contribution in [1.29, 1.82) is 0 Å². The maximum absolute atomic E-state index is 6.10. The average molecular weight is 201 g/mol. The van der Waals surface area contributed by atoms with Crippen molar-refractivity contribution in [3.05, 3.63) is 0 Å². The number of hydrogen-bond acceptors (Lipinski definition) is 2. The van der Waals surface area contributed by atoms with Gasteiger partial charge in [-0.15, -0.1) is 0 Å². The summed E-state index contributed by atoms with van der Waals surface area (Å²) in [7, 11) is 0. The highest BCUT2D eigenvalue weighted by Crippen LogP contribution is 2.26. The number of nitrogens with two attached hydrogens (primary N) is 1. The Hall–Kier alpha value is 0.310. The third-order valence-corrected chi connectivity index (χ3v) is 3.80. The molecule has 1 heterocycles. The predicted octanol–water partition coefficient (Wildman–Crippen LogP) is 2.89.